The number of carbonyl (C=O) groups is 2. The van der Waals surface area contributed by atoms with Gasteiger partial charge in [0.05, 0.1) is 24.1 Å². The minimum absolute atomic E-state index is 0.284. The van der Waals surface area contributed by atoms with E-state index < -0.39 is 17.1 Å². The van der Waals surface area contributed by atoms with Crippen LogP contribution in [0.25, 0.3) is 11.8 Å². The van der Waals surface area contributed by atoms with E-state index in [0.29, 0.717) is 6.42 Å². The number of amides is 2. The highest BCUT2D eigenvalue weighted by atomic mass is 19.1. The van der Waals surface area contributed by atoms with Gasteiger partial charge in [0.25, 0.3) is 0 Å². The van der Waals surface area contributed by atoms with Gasteiger partial charge in [-0.1, -0.05) is 12.5 Å². The van der Waals surface area contributed by atoms with Crippen LogP contribution in [0.5, 0.6) is 0 Å². The fourth-order valence-electron chi connectivity index (χ4n) is 5.16. The summed E-state index contributed by atoms with van der Waals surface area (Å²) in [5.41, 5.74) is 2.93. The first-order valence-corrected chi connectivity index (χ1v) is 9.88. The normalized spacial score (nSPS) is 28.0. The molecule has 2 amide bonds. The van der Waals surface area contributed by atoms with E-state index >= 15 is 0 Å². The minimum atomic E-state index is -0.713. The van der Waals surface area contributed by atoms with Crippen LogP contribution in [-0.4, -0.2) is 38.8 Å². The highest BCUT2D eigenvalue weighted by Crippen LogP contribution is 2.56. The summed E-state index contributed by atoms with van der Waals surface area (Å²) < 4.78 is 21.1. The van der Waals surface area contributed by atoms with Gasteiger partial charge in [0.1, 0.15) is 11.4 Å². The van der Waals surface area contributed by atoms with Crippen molar-refractivity contribution in [1.29, 1.82) is 0 Å². The van der Waals surface area contributed by atoms with Gasteiger partial charge in [0, 0.05) is 12.3 Å². The van der Waals surface area contributed by atoms with E-state index in [1.165, 1.54) is 29.5 Å². The molecule has 1 saturated carbocycles. The molecule has 5 rings (SSSR count). The molecule has 3 aliphatic rings. The Hall–Kier alpha value is -2.96. The molecule has 0 radical (unpaired) electrons. The molecule has 1 aromatic heterocycles. The third-order valence-electron chi connectivity index (χ3n) is 6.85. The molecule has 0 bridgehead atoms. The highest BCUT2D eigenvalue weighted by Gasteiger charge is 2.61. The quantitative estimate of drug-likeness (QED) is 0.735. The lowest BCUT2D eigenvalue weighted by Gasteiger charge is -2.50. The van der Waals surface area contributed by atoms with Crippen LogP contribution in [0.15, 0.2) is 36.0 Å². The fraction of sp³-hybridized carbons (Fsp3) is 0.409. The Bertz CT molecular complexity index is 1060. The number of nitrogens with zero attached hydrogens (tertiary/aromatic N) is 3. The third-order valence-corrected chi connectivity index (χ3v) is 6.85. The van der Waals surface area contributed by atoms with E-state index in [0.717, 1.165) is 36.2 Å². The van der Waals surface area contributed by atoms with Gasteiger partial charge in [-0.25, -0.2) is 18.8 Å². The first-order chi connectivity index (χ1) is 13.8. The summed E-state index contributed by atoms with van der Waals surface area (Å²) in [4.78, 5) is 25.5. The molecule has 1 saturated heterocycles. The van der Waals surface area contributed by atoms with Crippen LogP contribution in [0.2, 0.25) is 0 Å². The second kappa shape index (κ2) is 6.02. The van der Waals surface area contributed by atoms with Crippen molar-refractivity contribution in [2.75, 3.05) is 6.54 Å². The summed E-state index contributed by atoms with van der Waals surface area (Å²) in [6, 6.07) is 6.27. The molecule has 7 heteroatoms. The Labute approximate surface area is 167 Å². The van der Waals surface area contributed by atoms with Crippen LogP contribution in [0, 0.1) is 11.2 Å². The predicted octanol–water partition coefficient (Wildman–Crippen LogP) is 3.88. The number of hydrogen-bond acceptors (Lipinski definition) is 4. The molecule has 2 atom stereocenters. The largest absolute Gasteiger partial charge is 0.440 e. The topological polar surface area (TPSA) is 64.4 Å². The van der Waals surface area contributed by atoms with E-state index in [-0.39, 0.29) is 18.3 Å². The predicted molar refractivity (Wildman–Crippen MR) is 104 cm³/mol. The van der Waals surface area contributed by atoms with Crippen LogP contribution < -0.4 is 0 Å². The lowest BCUT2D eigenvalue weighted by atomic mass is 9.57. The zero-order valence-electron chi connectivity index (χ0n) is 16.4. The minimum Gasteiger partial charge on any atom is -0.440 e. The van der Waals surface area contributed by atoms with Gasteiger partial charge < -0.3 is 4.74 Å². The number of rotatable bonds is 1. The maximum absolute atomic E-state index is 13.3. The van der Waals surface area contributed by atoms with E-state index in [9.17, 15) is 14.0 Å². The number of halogens is 1. The molecule has 2 aromatic rings. The SMILES string of the molecule is CC(=O)N1C[C@@]2(CCCC3=Cc4c(cnn4-c4ccc(F)cc4)C[C@@]32C)OC1=O. The van der Waals surface area contributed by atoms with Gasteiger partial charge >= 0.3 is 6.09 Å². The highest BCUT2D eigenvalue weighted by molar-refractivity contribution is 5.92. The first-order valence-electron chi connectivity index (χ1n) is 9.88. The van der Waals surface area contributed by atoms with Crippen LogP contribution in [0.3, 0.4) is 0 Å². The second-order valence-corrected chi connectivity index (χ2v) is 8.44. The Morgan fingerprint density at radius 1 is 1.28 bits per heavy atom. The van der Waals surface area contributed by atoms with Gasteiger partial charge in [-0.3, -0.25) is 4.79 Å². The van der Waals surface area contributed by atoms with Crippen molar-refractivity contribution >= 4 is 18.1 Å². The lowest BCUT2D eigenvalue weighted by Crippen LogP contribution is -2.55. The van der Waals surface area contributed by atoms with Gasteiger partial charge in [-0.05, 0) is 61.6 Å². The number of aromatic nitrogens is 2. The van der Waals surface area contributed by atoms with Gasteiger partial charge in [0.15, 0.2) is 0 Å². The summed E-state index contributed by atoms with van der Waals surface area (Å²) in [6.45, 7) is 3.82. The molecule has 2 heterocycles. The van der Waals surface area contributed by atoms with Crippen molar-refractivity contribution in [1.82, 2.24) is 14.7 Å². The molecular formula is C22H22FN3O3. The van der Waals surface area contributed by atoms with Gasteiger partial charge in [-0.15, -0.1) is 0 Å². The summed E-state index contributed by atoms with van der Waals surface area (Å²) in [6.07, 6.45) is 6.63. The molecule has 1 spiro atoms. The van der Waals surface area contributed by atoms with Crippen LogP contribution in [0.1, 0.15) is 44.4 Å². The monoisotopic (exact) mass is 395 g/mol. The van der Waals surface area contributed by atoms with Crippen molar-refractivity contribution in [3.05, 3.63) is 53.1 Å². The third kappa shape index (κ3) is 2.49. The molecular weight excluding hydrogens is 373 g/mol. The smallest absolute Gasteiger partial charge is 0.417 e. The number of hydrogen-bond donors (Lipinski definition) is 0. The van der Waals surface area contributed by atoms with E-state index in [1.807, 2.05) is 10.9 Å². The molecule has 29 heavy (non-hydrogen) atoms. The van der Waals surface area contributed by atoms with Crippen molar-refractivity contribution in [3.63, 3.8) is 0 Å². The summed E-state index contributed by atoms with van der Waals surface area (Å²) >= 11 is 0. The number of ether oxygens (including phenoxy) is 1. The Morgan fingerprint density at radius 2 is 2.03 bits per heavy atom. The Balaban J connectivity index is 1.57. The molecule has 6 nitrogen and oxygen atoms in total. The maximum Gasteiger partial charge on any atom is 0.417 e. The van der Waals surface area contributed by atoms with Crippen molar-refractivity contribution in [2.24, 2.45) is 5.41 Å². The lowest BCUT2D eigenvalue weighted by molar-refractivity contribution is -0.126. The molecule has 2 fully saturated rings. The molecule has 1 aliphatic heterocycles. The zero-order chi connectivity index (χ0) is 20.4. The van der Waals surface area contributed by atoms with E-state index in [2.05, 4.69) is 18.1 Å². The summed E-state index contributed by atoms with van der Waals surface area (Å²) in [5, 5.41) is 4.54. The zero-order valence-corrected chi connectivity index (χ0v) is 16.4. The van der Waals surface area contributed by atoms with Crippen LogP contribution in [-0.2, 0) is 16.0 Å². The number of carbonyl (C=O) groups excluding carboxylic acids is 2. The number of imide groups is 1. The Morgan fingerprint density at radius 3 is 2.72 bits per heavy atom. The second-order valence-electron chi connectivity index (χ2n) is 8.44. The van der Waals surface area contributed by atoms with Crippen molar-refractivity contribution < 1.29 is 18.7 Å². The molecule has 2 aliphatic carbocycles. The molecule has 0 unspecified atom stereocenters. The first kappa shape index (κ1) is 18.1. The summed E-state index contributed by atoms with van der Waals surface area (Å²) in [5.74, 6) is -0.569. The van der Waals surface area contributed by atoms with Gasteiger partial charge in [0.2, 0.25) is 5.91 Å². The average Bonchev–Trinajstić information content (AvgIpc) is 3.23. The number of fused-ring (bicyclic) bond motifs is 3. The van der Waals surface area contributed by atoms with Crippen LogP contribution >= 0.6 is 0 Å². The van der Waals surface area contributed by atoms with E-state index in [1.54, 1.807) is 12.1 Å². The molecule has 1 aromatic carbocycles. The molecule has 0 N–H and O–H groups in total. The molecule has 150 valence electrons. The van der Waals surface area contributed by atoms with Crippen LogP contribution in [0.4, 0.5) is 9.18 Å². The van der Waals surface area contributed by atoms with Gasteiger partial charge in [-0.2, -0.15) is 5.10 Å². The Kier molecular flexibility index (Phi) is 3.75. The standard InChI is InChI=1S/C22H22FN3O3/c1-14(27)25-13-22(29-20(25)28)9-3-4-16-10-19-15(11-21(16,22)2)12-24-26(19)18-7-5-17(23)6-8-18/h5-8,10,12H,3-4,9,11,13H2,1-2H3/t21-,22+/m0/s1. The summed E-state index contributed by atoms with van der Waals surface area (Å²) in [7, 11) is 0. The van der Waals surface area contributed by atoms with E-state index in [4.69, 9.17) is 4.74 Å². The average molecular weight is 395 g/mol. The van der Waals surface area contributed by atoms with Crippen molar-refractivity contribution in [3.8, 4) is 5.69 Å². The van der Waals surface area contributed by atoms with Crippen molar-refractivity contribution in [2.45, 2.75) is 45.1 Å². The fourth-order valence-corrected chi connectivity index (χ4v) is 5.16. The number of benzene rings is 1. The maximum atomic E-state index is 13.3.